The SMILES string of the molecule is COc1cc(-c2nc(-c3cc4ccc(C)cc4[nH]c3=O)no2)cc(OC)c1OC. The van der Waals surface area contributed by atoms with Crippen molar-refractivity contribution >= 4 is 10.9 Å². The summed E-state index contributed by atoms with van der Waals surface area (Å²) in [6, 6.07) is 11.0. The van der Waals surface area contributed by atoms with Gasteiger partial charge >= 0.3 is 0 Å². The van der Waals surface area contributed by atoms with Crippen LogP contribution in [0, 0.1) is 6.92 Å². The van der Waals surface area contributed by atoms with Gasteiger partial charge in [0, 0.05) is 11.1 Å². The first kappa shape index (κ1) is 18.5. The molecule has 2 aromatic heterocycles. The Kier molecular flexibility index (Phi) is 4.67. The van der Waals surface area contributed by atoms with E-state index < -0.39 is 0 Å². The van der Waals surface area contributed by atoms with Crippen molar-refractivity contribution in [2.75, 3.05) is 21.3 Å². The number of methoxy groups -OCH3 is 3. The highest BCUT2D eigenvalue weighted by Crippen LogP contribution is 2.41. The second-order valence-corrected chi connectivity index (χ2v) is 6.44. The fourth-order valence-electron chi connectivity index (χ4n) is 3.14. The number of aryl methyl sites for hydroxylation is 1. The van der Waals surface area contributed by atoms with Crippen LogP contribution in [0.25, 0.3) is 33.7 Å². The molecule has 2 heterocycles. The Morgan fingerprint density at radius 3 is 2.34 bits per heavy atom. The lowest BCUT2D eigenvalue weighted by Gasteiger charge is -2.12. The molecule has 0 unspecified atom stereocenters. The fourth-order valence-corrected chi connectivity index (χ4v) is 3.14. The lowest BCUT2D eigenvalue weighted by Crippen LogP contribution is -2.09. The number of hydrogen-bond donors (Lipinski definition) is 1. The fraction of sp³-hybridized carbons (Fsp3) is 0.190. The Bertz CT molecular complexity index is 1230. The lowest BCUT2D eigenvalue weighted by molar-refractivity contribution is 0.324. The molecule has 0 aliphatic heterocycles. The molecule has 4 rings (SSSR count). The van der Waals surface area contributed by atoms with Crippen LogP contribution >= 0.6 is 0 Å². The summed E-state index contributed by atoms with van der Waals surface area (Å²) in [5.74, 6) is 1.79. The maximum absolute atomic E-state index is 12.5. The van der Waals surface area contributed by atoms with Crippen LogP contribution in [-0.2, 0) is 0 Å². The summed E-state index contributed by atoms with van der Waals surface area (Å²) in [5.41, 5.74) is 2.42. The molecule has 0 fully saturated rings. The molecule has 2 aromatic carbocycles. The normalized spacial score (nSPS) is 10.9. The molecule has 0 bridgehead atoms. The van der Waals surface area contributed by atoms with Crippen molar-refractivity contribution in [2.24, 2.45) is 0 Å². The van der Waals surface area contributed by atoms with E-state index in [9.17, 15) is 4.79 Å². The quantitative estimate of drug-likeness (QED) is 0.553. The first-order chi connectivity index (χ1) is 14.0. The van der Waals surface area contributed by atoms with E-state index in [2.05, 4.69) is 15.1 Å². The molecular formula is C21H19N3O5. The number of pyridine rings is 1. The number of fused-ring (bicyclic) bond motifs is 1. The van der Waals surface area contributed by atoms with E-state index >= 15 is 0 Å². The van der Waals surface area contributed by atoms with Crippen LogP contribution in [0.3, 0.4) is 0 Å². The van der Waals surface area contributed by atoms with Gasteiger partial charge in [0.2, 0.25) is 11.6 Å². The summed E-state index contributed by atoms with van der Waals surface area (Å²) in [4.78, 5) is 19.8. The number of ether oxygens (including phenoxy) is 3. The van der Waals surface area contributed by atoms with E-state index in [1.165, 1.54) is 21.3 Å². The van der Waals surface area contributed by atoms with Gasteiger partial charge in [0.1, 0.15) is 0 Å². The monoisotopic (exact) mass is 393 g/mol. The number of aromatic amines is 1. The Morgan fingerprint density at radius 1 is 0.966 bits per heavy atom. The summed E-state index contributed by atoms with van der Waals surface area (Å²) in [7, 11) is 4.58. The molecule has 0 saturated heterocycles. The van der Waals surface area contributed by atoms with Crippen LogP contribution in [0.15, 0.2) is 45.7 Å². The zero-order valence-electron chi connectivity index (χ0n) is 16.4. The number of rotatable bonds is 5. The third-order valence-electron chi connectivity index (χ3n) is 4.58. The van der Waals surface area contributed by atoms with Crippen LogP contribution in [-0.4, -0.2) is 36.5 Å². The Hall–Kier alpha value is -3.81. The first-order valence-corrected chi connectivity index (χ1v) is 8.82. The smallest absolute Gasteiger partial charge is 0.259 e. The van der Waals surface area contributed by atoms with Gasteiger partial charge in [0.15, 0.2) is 11.5 Å². The molecule has 8 heteroatoms. The van der Waals surface area contributed by atoms with Gasteiger partial charge in [-0.2, -0.15) is 4.98 Å². The van der Waals surface area contributed by atoms with Crippen molar-refractivity contribution in [3.63, 3.8) is 0 Å². The molecule has 0 aliphatic carbocycles. The molecule has 0 aliphatic rings. The number of H-pyrrole nitrogens is 1. The van der Waals surface area contributed by atoms with Gasteiger partial charge in [0.05, 0.1) is 26.9 Å². The molecule has 29 heavy (non-hydrogen) atoms. The molecule has 1 N–H and O–H groups in total. The van der Waals surface area contributed by atoms with Crippen molar-refractivity contribution in [1.82, 2.24) is 15.1 Å². The number of nitrogens with one attached hydrogen (secondary N) is 1. The minimum atomic E-state index is -0.291. The van der Waals surface area contributed by atoms with Crippen molar-refractivity contribution in [3.8, 4) is 40.1 Å². The largest absolute Gasteiger partial charge is 0.493 e. The van der Waals surface area contributed by atoms with Crippen LogP contribution in [0.5, 0.6) is 17.2 Å². The molecule has 0 amide bonds. The number of aromatic nitrogens is 3. The van der Waals surface area contributed by atoms with E-state index in [1.54, 1.807) is 18.2 Å². The topological polar surface area (TPSA) is 99.5 Å². The number of nitrogens with zero attached hydrogens (tertiary/aromatic N) is 2. The van der Waals surface area contributed by atoms with Gasteiger partial charge in [0.25, 0.3) is 11.4 Å². The highest BCUT2D eigenvalue weighted by atomic mass is 16.5. The van der Waals surface area contributed by atoms with Gasteiger partial charge in [-0.3, -0.25) is 4.79 Å². The van der Waals surface area contributed by atoms with Crippen molar-refractivity contribution in [1.29, 1.82) is 0 Å². The van der Waals surface area contributed by atoms with Gasteiger partial charge in [-0.15, -0.1) is 0 Å². The molecule has 148 valence electrons. The summed E-state index contributed by atoms with van der Waals surface area (Å²) in [6.07, 6.45) is 0. The molecule has 0 spiro atoms. The predicted octanol–water partition coefficient (Wildman–Crippen LogP) is 3.58. The zero-order valence-corrected chi connectivity index (χ0v) is 16.4. The second-order valence-electron chi connectivity index (χ2n) is 6.44. The van der Waals surface area contributed by atoms with Gasteiger partial charge in [-0.05, 0) is 42.1 Å². The summed E-state index contributed by atoms with van der Waals surface area (Å²) < 4.78 is 21.4. The minimum absolute atomic E-state index is 0.192. The van der Waals surface area contributed by atoms with Crippen molar-refractivity contribution in [2.45, 2.75) is 6.92 Å². The standard InChI is InChI=1S/C21H19N3O5/c1-11-5-6-12-8-14(20(25)22-15(12)7-11)19-23-21(29-24-19)13-9-16(26-2)18(28-4)17(10-13)27-3/h5-10H,1-4H3,(H,22,25). The highest BCUT2D eigenvalue weighted by molar-refractivity contribution is 5.83. The van der Waals surface area contributed by atoms with E-state index in [1.807, 2.05) is 25.1 Å². The summed E-state index contributed by atoms with van der Waals surface area (Å²) >= 11 is 0. The van der Waals surface area contributed by atoms with Gasteiger partial charge in [-0.1, -0.05) is 17.3 Å². The Morgan fingerprint density at radius 2 is 1.69 bits per heavy atom. The van der Waals surface area contributed by atoms with Gasteiger partial charge in [-0.25, -0.2) is 0 Å². The second kappa shape index (κ2) is 7.31. The maximum atomic E-state index is 12.5. The average Bonchev–Trinajstić information content (AvgIpc) is 3.22. The minimum Gasteiger partial charge on any atom is -0.493 e. The molecule has 0 radical (unpaired) electrons. The highest BCUT2D eigenvalue weighted by Gasteiger charge is 2.19. The first-order valence-electron chi connectivity index (χ1n) is 8.82. The third kappa shape index (κ3) is 3.29. The van der Waals surface area contributed by atoms with Crippen molar-refractivity contribution < 1.29 is 18.7 Å². The van der Waals surface area contributed by atoms with Crippen LogP contribution < -0.4 is 19.8 Å². The summed E-state index contributed by atoms with van der Waals surface area (Å²) in [5, 5.41) is 4.86. The van der Waals surface area contributed by atoms with Crippen LogP contribution in [0.1, 0.15) is 5.56 Å². The van der Waals surface area contributed by atoms with Crippen LogP contribution in [0.2, 0.25) is 0 Å². The van der Waals surface area contributed by atoms with E-state index in [0.717, 1.165) is 16.5 Å². The Labute approximate surface area is 166 Å². The maximum Gasteiger partial charge on any atom is 0.259 e. The molecular weight excluding hydrogens is 374 g/mol. The molecule has 0 atom stereocenters. The van der Waals surface area contributed by atoms with E-state index in [0.29, 0.717) is 28.4 Å². The predicted molar refractivity (Wildman–Crippen MR) is 108 cm³/mol. The average molecular weight is 393 g/mol. The van der Waals surface area contributed by atoms with E-state index in [4.69, 9.17) is 18.7 Å². The zero-order chi connectivity index (χ0) is 20.5. The number of benzene rings is 2. The van der Waals surface area contributed by atoms with Crippen molar-refractivity contribution in [3.05, 3.63) is 52.3 Å². The van der Waals surface area contributed by atoms with E-state index in [-0.39, 0.29) is 17.3 Å². The van der Waals surface area contributed by atoms with Crippen LogP contribution in [0.4, 0.5) is 0 Å². The van der Waals surface area contributed by atoms with Gasteiger partial charge < -0.3 is 23.7 Å². The molecule has 0 saturated carbocycles. The molecule has 4 aromatic rings. The lowest BCUT2D eigenvalue weighted by atomic mass is 10.1. The number of hydrogen-bond acceptors (Lipinski definition) is 7. The molecule has 8 nitrogen and oxygen atoms in total. The Balaban J connectivity index is 1.80. The third-order valence-corrected chi connectivity index (χ3v) is 4.58. The summed E-state index contributed by atoms with van der Waals surface area (Å²) in [6.45, 7) is 1.97.